The van der Waals surface area contributed by atoms with Crippen LogP contribution >= 0.6 is 11.3 Å². The van der Waals surface area contributed by atoms with Crippen LogP contribution in [0.5, 0.6) is 11.5 Å². The monoisotopic (exact) mass is 447 g/mol. The number of furan rings is 1. The first-order valence-electron chi connectivity index (χ1n) is 10.1. The summed E-state index contributed by atoms with van der Waals surface area (Å²) in [6.45, 7) is 0.673. The number of fused-ring (bicyclic) bond motifs is 1. The standard InChI is InChI=1S/C24H21N3O4S/c1-29-21-13-16(14-25)8-10-19(21)30-12-4-7-23(28)26-15-17-9-11-20(31-17)24-27-18-5-2-3-6-22(18)32-24/h2-3,5-6,8-11,13H,4,7,12,15H2,1H3,(H,26,28). The van der Waals surface area contributed by atoms with Crippen molar-refractivity contribution in [3.63, 3.8) is 0 Å². The highest BCUT2D eigenvalue weighted by Gasteiger charge is 2.11. The lowest BCUT2D eigenvalue weighted by atomic mass is 10.2. The molecule has 4 rings (SSSR count). The van der Waals surface area contributed by atoms with Gasteiger partial charge in [-0.3, -0.25) is 4.79 Å². The number of methoxy groups -OCH3 is 1. The number of carbonyl (C=O) groups excluding carboxylic acids is 1. The van der Waals surface area contributed by atoms with Crippen LogP contribution in [0.4, 0.5) is 0 Å². The first kappa shape index (κ1) is 21.4. The molecule has 0 fully saturated rings. The third-order valence-corrected chi connectivity index (χ3v) is 5.78. The first-order valence-corrected chi connectivity index (χ1v) is 10.9. The van der Waals surface area contributed by atoms with Gasteiger partial charge in [0.15, 0.2) is 22.3 Å². The number of hydrogen-bond acceptors (Lipinski definition) is 7. The van der Waals surface area contributed by atoms with E-state index >= 15 is 0 Å². The summed E-state index contributed by atoms with van der Waals surface area (Å²) >= 11 is 1.57. The Morgan fingerprint density at radius 3 is 2.88 bits per heavy atom. The van der Waals surface area contributed by atoms with Crippen LogP contribution in [-0.4, -0.2) is 24.6 Å². The van der Waals surface area contributed by atoms with Crippen molar-refractivity contribution in [1.82, 2.24) is 10.3 Å². The molecule has 0 aliphatic carbocycles. The van der Waals surface area contributed by atoms with Crippen LogP contribution in [0.3, 0.4) is 0 Å². The third kappa shape index (κ3) is 5.07. The molecule has 0 atom stereocenters. The van der Waals surface area contributed by atoms with E-state index in [0.29, 0.717) is 54.6 Å². The highest BCUT2D eigenvalue weighted by atomic mass is 32.1. The molecular formula is C24H21N3O4S. The normalized spacial score (nSPS) is 10.6. The van der Waals surface area contributed by atoms with E-state index in [0.717, 1.165) is 15.2 Å². The van der Waals surface area contributed by atoms with E-state index in [4.69, 9.17) is 19.2 Å². The van der Waals surface area contributed by atoms with Gasteiger partial charge in [0.1, 0.15) is 5.76 Å². The van der Waals surface area contributed by atoms with Crippen LogP contribution in [0.1, 0.15) is 24.2 Å². The Hall–Kier alpha value is -3.83. The van der Waals surface area contributed by atoms with E-state index < -0.39 is 0 Å². The van der Waals surface area contributed by atoms with Crippen molar-refractivity contribution in [2.24, 2.45) is 0 Å². The zero-order chi connectivity index (χ0) is 22.3. The summed E-state index contributed by atoms with van der Waals surface area (Å²) in [5.74, 6) is 2.32. The molecule has 0 unspecified atom stereocenters. The molecular weight excluding hydrogens is 426 g/mol. The molecule has 1 amide bonds. The molecule has 4 aromatic rings. The molecule has 2 heterocycles. The van der Waals surface area contributed by atoms with Crippen LogP contribution in [-0.2, 0) is 11.3 Å². The Bertz CT molecular complexity index is 1240. The lowest BCUT2D eigenvalue weighted by Crippen LogP contribution is -2.22. The van der Waals surface area contributed by atoms with E-state index in [1.54, 1.807) is 29.5 Å². The Balaban J connectivity index is 1.22. The molecule has 0 bridgehead atoms. The van der Waals surface area contributed by atoms with Crippen molar-refractivity contribution in [1.29, 1.82) is 5.26 Å². The van der Waals surface area contributed by atoms with Gasteiger partial charge in [-0.25, -0.2) is 4.98 Å². The second-order valence-corrected chi connectivity index (χ2v) is 7.99. The van der Waals surface area contributed by atoms with Crippen LogP contribution in [0.15, 0.2) is 59.0 Å². The second kappa shape index (κ2) is 9.98. The molecule has 0 saturated heterocycles. The summed E-state index contributed by atoms with van der Waals surface area (Å²) in [6.07, 6.45) is 0.869. The lowest BCUT2D eigenvalue weighted by Gasteiger charge is -2.10. The summed E-state index contributed by atoms with van der Waals surface area (Å²) in [5.41, 5.74) is 1.44. The summed E-state index contributed by atoms with van der Waals surface area (Å²) in [7, 11) is 1.52. The number of nitrogens with zero attached hydrogens (tertiary/aromatic N) is 2. The summed E-state index contributed by atoms with van der Waals surface area (Å²) in [6, 6.07) is 18.7. The average molecular weight is 448 g/mol. The minimum atomic E-state index is -0.0849. The quantitative estimate of drug-likeness (QED) is 0.366. The van der Waals surface area contributed by atoms with Gasteiger partial charge in [0.25, 0.3) is 0 Å². The predicted molar refractivity (Wildman–Crippen MR) is 122 cm³/mol. The third-order valence-electron chi connectivity index (χ3n) is 4.72. The zero-order valence-electron chi connectivity index (χ0n) is 17.5. The van der Waals surface area contributed by atoms with Crippen molar-refractivity contribution in [3.8, 4) is 28.3 Å². The van der Waals surface area contributed by atoms with E-state index in [-0.39, 0.29) is 5.91 Å². The first-order chi connectivity index (χ1) is 15.7. The highest BCUT2D eigenvalue weighted by molar-refractivity contribution is 7.21. The number of amides is 1. The van der Waals surface area contributed by atoms with Crippen LogP contribution in [0.25, 0.3) is 21.0 Å². The number of thiazole rings is 1. The average Bonchev–Trinajstić information content (AvgIpc) is 3.47. The Labute approximate surface area is 189 Å². The van der Waals surface area contributed by atoms with Gasteiger partial charge in [-0.15, -0.1) is 11.3 Å². The summed E-state index contributed by atoms with van der Waals surface area (Å²) < 4.78 is 17.9. The van der Waals surface area contributed by atoms with Crippen molar-refractivity contribution in [2.75, 3.05) is 13.7 Å². The van der Waals surface area contributed by atoms with E-state index in [1.165, 1.54) is 7.11 Å². The van der Waals surface area contributed by atoms with Crippen LogP contribution in [0, 0.1) is 11.3 Å². The zero-order valence-corrected chi connectivity index (χ0v) is 18.3. The van der Waals surface area contributed by atoms with Crippen molar-refractivity contribution in [3.05, 3.63) is 65.9 Å². The molecule has 0 saturated carbocycles. The van der Waals surface area contributed by atoms with Crippen molar-refractivity contribution >= 4 is 27.5 Å². The topological polar surface area (TPSA) is 97.4 Å². The number of para-hydroxylation sites is 1. The number of hydrogen-bond donors (Lipinski definition) is 1. The maximum Gasteiger partial charge on any atom is 0.220 e. The van der Waals surface area contributed by atoms with Crippen molar-refractivity contribution < 1.29 is 18.7 Å². The number of rotatable bonds is 9. The largest absolute Gasteiger partial charge is 0.493 e. The second-order valence-electron chi connectivity index (χ2n) is 6.96. The minimum absolute atomic E-state index is 0.0849. The molecule has 162 valence electrons. The SMILES string of the molecule is COc1cc(C#N)ccc1OCCCC(=O)NCc1ccc(-c2nc3ccccc3s2)o1. The highest BCUT2D eigenvalue weighted by Crippen LogP contribution is 2.31. The summed E-state index contributed by atoms with van der Waals surface area (Å²) in [4.78, 5) is 16.7. The molecule has 32 heavy (non-hydrogen) atoms. The molecule has 7 nitrogen and oxygen atoms in total. The molecule has 2 aromatic carbocycles. The van der Waals surface area contributed by atoms with Gasteiger partial charge in [0.05, 0.1) is 42.1 Å². The van der Waals surface area contributed by atoms with Crippen molar-refractivity contribution in [2.45, 2.75) is 19.4 Å². The molecule has 0 radical (unpaired) electrons. The van der Waals surface area contributed by atoms with Gasteiger partial charge in [-0.2, -0.15) is 5.26 Å². The number of nitriles is 1. The molecule has 0 aliphatic heterocycles. The molecule has 0 aliphatic rings. The number of nitrogens with one attached hydrogen (secondary N) is 1. The summed E-state index contributed by atoms with van der Waals surface area (Å²) in [5, 5.41) is 12.6. The smallest absolute Gasteiger partial charge is 0.220 e. The van der Waals surface area contributed by atoms with Gasteiger partial charge >= 0.3 is 0 Å². The Morgan fingerprint density at radius 2 is 2.06 bits per heavy atom. The molecule has 0 spiro atoms. The number of ether oxygens (including phenoxy) is 2. The number of aromatic nitrogens is 1. The van der Waals surface area contributed by atoms with E-state index in [2.05, 4.69) is 16.4 Å². The van der Waals surface area contributed by atoms with Crippen LogP contribution < -0.4 is 14.8 Å². The minimum Gasteiger partial charge on any atom is -0.493 e. The van der Waals surface area contributed by atoms with E-state index in [9.17, 15) is 4.79 Å². The van der Waals surface area contributed by atoms with Gasteiger partial charge < -0.3 is 19.2 Å². The maximum atomic E-state index is 12.1. The Kier molecular flexibility index (Phi) is 6.68. The van der Waals surface area contributed by atoms with Gasteiger partial charge in [-0.05, 0) is 42.8 Å². The number of benzene rings is 2. The fourth-order valence-corrected chi connectivity index (χ4v) is 4.04. The van der Waals surface area contributed by atoms with Crippen LogP contribution in [0.2, 0.25) is 0 Å². The van der Waals surface area contributed by atoms with E-state index in [1.807, 2.05) is 36.4 Å². The van der Waals surface area contributed by atoms with Gasteiger partial charge in [-0.1, -0.05) is 12.1 Å². The lowest BCUT2D eigenvalue weighted by molar-refractivity contribution is -0.121. The maximum absolute atomic E-state index is 12.1. The molecule has 2 aromatic heterocycles. The predicted octanol–water partition coefficient (Wildman–Crippen LogP) is 4.91. The van der Waals surface area contributed by atoms with Gasteiger partial charge in [0, 0.05) is 12.5 Å². The van der Waals surface area contributed by atoms with Gasteiger partial charge in [0.2, 0.25) is 5.91 Å². The number of carbonyl (C=O) groups is 1. The fraction of sp³-hybridized carbons (Fsp3) is 0.208. The Morgan fingerprint density at radius 1 is 1.19 bits per heavy atom. The molecule has 8 heteroatoms. The fourth-order valence-electron chi connectivity index (χ4n) is 3.11. The molecule has 1 N–H and O–H groups in total.